The molecule has 0 radical (unpaired) electrons. The van der Waals surface area contributed by atoms with Gasteiger partial charge in [0.2, 0.25) is 5.91 Å². The highest BCUT2D eigenvalue weighted by molar-refractivity contribution is 5.97. The molecule has 0 spiro atoms. The number of carbonyl (C=O) groups excluding carboxylic acids is 2. The van der Waals surface area contributed by atoms with E-state index in [-0.39, 0.29) is 11.8 Å². The van der Waals surface area contributed by atoms with Gasteiger partial charge in [-0.15, -0.1) is 0 Å². The largest absolute Gasteiger partial charge is 0.339 e. The van der Waals surface area contributed by atoms with Gasteiger partial charge in [0, 0.05) is 24.3 Å². The number of nitrogens with one attached hydrogen (secondary N) is 1. The van der Waals surface area contributed by atoms with Crippen molar-refractivity contribution < 1.29 is 9.59 Å². The van der Waals surface area contributed by atoms with Crippen molar-refractivity contribution >= 4 is 17.5 Å². The van der Waals surface area contributed by atoms with Crippen LogP contribution in [0, 0.1) is 0 Å². The Morgan fingerprint density at radius 2 is 1.76 bits per heavy atom. The fourth-order valence-electron chi connectivity index (χ4n) is 3.29. The Morgan fingerprint density at radius 3 is 2.40 bits per heavy atom. The van der Waals surface area contributed by atoms with Gasteiger partial charge >= 0.3 is 0 Å². The fraction of sp³-hybridized carbons (Fsp3) is 0.600. The van der Waals surface area contributed by atoms with Crippen molar-refractivity contribution in [3.8, 4) is 0 Å². The van der Waals surface area contributed by atoms with E-state index in [0.717, 1.165) is 39.0 Å². The molecule has 1 saturated heterocycles. The number of amides is 2. The van der Waals surface area contributed by atoms with E-state index in [1.54, 1.807) is 6.07 Å². The Bertz CT molecular complexity index is 562. The second kappa shape index (κ2) is 10.2. The molecule has 138 valence electrons. The first-order valence-corrected chi connectivity index (χ1v) is 9.55. The molecule has 25 heavy (non-hydrogen) atoms. The van der Waals surface area contributed by atoms with Crippen molar-refractivity contribution in [2.45, 2.75) is 46.0 Å². The summed E-state index contributed by atoms with van der Waals surface area (Å²) >= 11 is 0. The van der Waals surface area contributed by atoms with Gasteiger partial charge in [0.25, 0.3) is 5.91 Å². The van der Waals surface area contributed by atoms with Crippen molar-refractivity contribution in [1.29, 1.82) is 0 Å². The molecule has 1 fully saturated rings. The molecule has 1 aliphatic heterocycles. The van der Waals surface area contributed by atoms with Gasteiger partial charge in [-0.3, -0.25) is 14.5 Å². The van der Waals surface area contributed by atoms with E-state index < -0.39 is 0 Å². The lowest BCUT2D eigenvalue weighted by atomic mass is 10.1. The average molecular weight is 345 g/mol. The minimum absolute atomic E-state index is 0.00882. The standard InChI is InChI=1S/C20H31N3O2/c1-3-11-23(12-4-2)20(25)17-9-8-10-18(15-17)21-19(24)16-22-13-6-5-7-14-22/h8-10,15H,3-7,11-14,16H2,1-2H3,(H,21,24). The molecule has 0 saturated carbocycles. The second-order valence-corrected chi connectivity index (χ2v) is 6.76. The van der Waals surface area contributed by atoms with Crippen molar-refractivity contribution in [3.05, 3.63) is 29.8 Å². The third-order valence-electron chi connectivity index (χ3n) is 4.48. The van der Waals surface area contributed by atoms with Gasteiger partial charge in [0.05, 0.1) is 6.54 Å². The summed E-state index contributed by atoms with van der Waals surface area (Å²) in [5, 5.41) is 2.94. The molecule has 5 nitrogen and oxygen atoms in total. The number of carbonyl (C=O) groups is 2. The summed E-state index contributed by atoms with van der Waals surface area (Å²) in [5.74, 6) is 0.0290. The number of likely N-dealkylation sites (tertiary alicyclic amines) is 1. The van der Waals surface area contributed by atoms with Gasteiger partial charge in [-0.2, -0.15) is 0 Å². The Morgan fingerprint density at radius 1 is 1.08 bits per heavy atom. The molecule has 2 amide bonds. The molecule has 1 N–H and O–H groups in total. The maximum Gasteiger partial charge on any atom is 0.253 e. The molecule has 0 aromatic heterocycles. The lowest BCUT2D eigenvalue weighted by molar-refractivity contribution is -0.117. The molecule has 0 aliphatic carbocycles. The molecule has 1 aromatic rings. The van der Waals surface area contributed by atoms with E-state index in [0.29, 0.717) is 17.8 Å². The van der Waals surface area contributed by atoms with Crippen LogP contribution in [0.5, 0.6) is 0 Å². The number of nitrogens with zero attached hydrogens (tertiary/aromatic N) is 2. The van der Waals surface area contributed by atoms with Gasteiger partial charge in [0.1, 0.15) is 0 Å². The molecular weight excluding hydrogens is 314 g/mol. The van der Waals surface area contributed by atoms with Gasteiger partial charge in [0.15, 0.2) is 0 Å². The van der Waals surface area contributed by atoms with Gasteiger partial charge < -0.3 is 10.2 Å². The van der Waals surface area contributed by atoms with Crippen molar-refractivity contribution in [3.63, 3.8) is 0 Å². The van der Waals surface area contributed by atoms with Crippen LogP contribution in [-0.2, 0) is 4.79 Å². The summed E-state index contributed by atoms with van der Waals surface area (Å²) in [6, 6.07) is 7.28. The Balaban J connectivity index is 1.97. The number of anilines is 1. The van der Waals surface area contributed by atoms with E-state index in [4.69, 9.17) is 0 Å². The molecular formula is C20H31N3O2. The van der Waals surface area contributed by atoms with Crippen LogP contribution >= 0.6 is 0 Å². The van der Waals surface area contributed by atoms with E-state index in [2.05, 4.69) is 24.1 Å². The summed E-state index contributed by atoms with van der Waals surface area (Å²) in [6.45, 7) is 8.09. The quantitative estimate of drug-likeness (QED) is 0.786. The molecule has 5 heteroatoms. The van der Waals surface area contributed by atoms with E-state index in [1.807, 2.05) is 23.1 Å². The number of hydrogen-bond donors (Lipinski definition) is 1. The first-order valence-electron chi connectivity index (χ1n) is 9.55. The number of rotatable bonds is 8. The van der Waals surface area contributed by atoms with Crippen LogP contribution < -0.4 is 5.32 Å². The SMILES string of the molecule is CCCN(CCC)C(=O)c1cccc(NC(=O)CN2CCCCC2)c1. The predicted molar refractivity (Wildman–Crippen MR) is 102 cm³/mol. The smallest absolute Gasteiger partial charge is 0.253 e. The second-order valence-electron chi connectivity index (χ2n) is 6.76. The van der Waals surface area contributed by atoms with Crippen molar-refractivity contribution in [2.24, 2.45) is 0 Å². The lowest BCUT2D eigenvalue weighted by Crippen LogP contribution is -2.36. The van der Waals surface area contributed by atoms with E-state index in [9.17, 15) is 9.59 Å². The van der Waals surface area contributed by atoms with Crippen LogP contribution in [0.25, 0.3) is 0 Å². The molecule has 0 bridgehead atoms. The average Bonchev–Trinajstić information content (AvgIpc) is 2.62. The summed E-state index contributed by atoms with van der Waals surface area (Å²) in [7, 11) is 0. The van der Waals surface area contributed by atoms with E-state index >= 15 is 0 Å². The van der Waals surface area contributed by atoms with Crippen molar-refractivity contribution in [2.75, 3.05) is 38.0 Å². The highest BCUT2D eigenvalue weighted by Gasteiger charge is 2.16. The summed E-state index contributed by atoms with van der Waals surface area (Å²) < 4.78 is 0. The Labute approximate surface area is 151 Å². The van der Waals surface area contributed by atoms with Crippen LogP contribution in [0.2, 0.25) is 0 Å². The Kier molecular flexibility index (Phi) is 7.92. The lowest BCUT2D eigenvalue weighted by Gasteiger charge is -2.25. The molecule has 1 aliphatic rings. The molecule has 2 rings (SSSR count). The highest BCUT2D eigenvalue weighted by Crippen LogP contribution is 2.14. The number of piperidine rings is 1. The zero-order valence-corrected chi connectivity index (χ0v) is 15.6. The maximum atomic E-state index is 12.7. The third kappa shape index (κ3) is 6.16. The van der Waals surface area contributed by atoms with Crippen LogP contribution in [-0.4, -0.2) is 54.3 Å². The topological polar surface area (TPSA) is 52.7 Å². The number of hydrogen-bond acceptors (Lipinski definition) is 3. The monoisotopic (exact) mass is 345 g/mol. The van der Waals surface area contributed by atoms with Crippen LogP contribution in [0.15, 0.2) is 24.3 Å². The first kappa shape index (κ1) is 19.4. The Hall–Kier alpha value is -1.88. The third-order valence-corrected chi connectivity index (χ3v) is 4.48. The van der Waals surface area contributed by atoms with Gasteiger partial charge in [-0.25, -0.2) is 0 Å². The molecule has 1 aromatic carbocycles. The minimum Gasteiger partial charge on any atom is -0.339 e. The summed E-state index contributed by atoms with van der Waals surface area (Å²) in [6.07, 6.45) is 5.48. The zero-order chi connectivity index (χ0) is 18.1. The van der Waals surface area contributed by atoms with Crippen LogP contribution in [0.4, 0.5) is 5.69 Å². The number of benzene rings is 1. The minimum atomic E-state index is -0.00882. The molecule has 0 unspecified atom stereocenters. The van der Waals surface area contributed by atoms with E-state index in [1.165, 1.54) is 19.3 Å². The summed E-state index contributed by atoms with van der Waals surface area (Å²) in [4.78, 5) is 29.0. The highest BCUT2D eigenvalue weighted by atomic mass is 16.2. The summed E-state index contributed by atoms with van der Waals surface area (Å²) in [5.41, 5.74) is 1.33. The fourth-order valence-corrected chi connectivity index (χ4v) is 3.29. The maximum absolute atomic E-state index is 12.7. The predicted octanol–water partition coefficient (Wildman–Crippen LogP) is 3.37. The molecule has 0 atom stereocenters. The van der Waals surface area contributed by atoms with Crippen molar-refractivity contribution in [1.82, 2.24) is 9.80 Å². The zero-order valence-electron chi connectivity index (χ0n) is 15.6. The van der Waals surface area contributed by atoms with Crippen LogP contribution in [0.3, 0.4) is 0 Å². The molecule has 1 heterocycles. The van der Waals surface area contributed by atoms with Crippen LogP contribution in [0.1, 0.15) is 56.3 Å². The first-order chi connectivity index (χ1) is 12.1. The normalized spacial score (nSPS) is 15.0. The van der Waals surface area contributed by atoms with Gasteiger partial charge in [-0.05, 0) is 57.0 Å². The van der Waals surface area contributed by atoms with Gasteiger partial charge in [-0.1, -0.05) is 26.3 Å².